The van der Waals surface area contributed by atoms with Gasteiger partial charge in [-0.2, -0.15) is 12.6 Å². The van der Waals surface area contributed by atoms with E-state index in [-0.39, 0.29) is 24.7 Å². The number of ether oxygens (including phenoxy) is 1. The van der Waals surface area contributed by atoms with Crippen LogP contribution in [0.3, 0.4) is 0 Å². The van der Waals surface area contributed by atoms with Gasteiger partial charge in [-0.05, 0) is 12.8 Å². The van der Waals surface area contributed by atoms with Gasteiger partial charge in [-0.25, -0.2) is 4.79 Å². The quantitative estimate of drug-likeness (QED) is 0.461. The molecule has 1 fully saturated rings. The maximum absolute atomic E-state index is 12.0. The van der Waals surface area contributed by atoms with Gasteiger partial charge < -0.3 is 15.2 Å². The standard InChI is InChI=1S/C14H21NO6S/c1-7(16)15-10(14(19)20)5-12(22)13-9(3-4-11(13)18)6-21-8(2)17/h9-10,12-13,22H,3-6H2,1-2H3,(H,15,16)(H,19,20). The molecule has 0 aromatic carbocycles. The summed E-state index contributed by atoms with van der Waals surface area (Å²) < 4.78 is 4.96. The van der Waals surface area contributed by atoms with Crippen LogP contribution in [0.15, 0.2) is 0 Å². The number of esters is 1. The smallest absolute Gasteiger partial charge is 0.326 e. The van der Waals surface area contributed by atoms with Crippen molar-refractivity contribution in [2.24, 2.45) is 11.8 Å². The number of carbonyl (C=O) groups excluding carboxylic acids is 3. The van der Waals surface area contributed by atoms with E-state index in [1.165, 1.54) is 13.8 Å². The Bertz CT molecular complexity index is 466. The maximum Gasteiger partial charge on any atom is 0.326 e. The molecule has 7 nitrogen and oxygen atoms in total. The third-order valence-electron chi connectivity index (χ3n) is 3.71. The number of aliphatic carboxylic acids is 1. The zero-order valence-electron chi connectivity index (χ0n) is 12.6. The molecule has 1 amide bonds. The highest BCUT2D eigenvalue weighted by atomic mass is 32.1. The van der Waals surface area contributed by atoms with Crippen molar-refractivity contribution in [1.82, 2.24) is 5.32 Å². The van der Waals surface area contributed by atoms with Crippen LogP contribution in [-0.2, 0) is 23.9 Å². The molecule has 8 heteroatoms. The summed E-state index contributed by atoms with van der Waals surface area (Å²) in [6.07, 6.45) is 0.988. The van der Waals surface area contributed by atoms with Gasteiger partial charge in [-0.15, -0.1) is 0 Å². The van der Waals surface area contributed by atoms with Crippen LogP contribution < -0.4 is 5.32 Å². The van der Waals surface area contributed by atoms with E-state index in [1.807, 2.05) is 0 Å². The average molecular weight is 331 g/mol. The second-order valence-electron chi connectivity index (χ2n) is 5.49. The Labute approximate surface area is 134 Å². The number of ketones is 1. The predicted octanol–water partition coefficient (Wildman–Crippen LogP) is 0.423. The van der Waals surface area contributed by atoms with Crippen molar-refractivity contribution in [3.8, 4) is 0 Å². The van der Waals surface area contributed by atoms with Crippen molar-refractivity contribution in [2.75, 3.05) is 6.61 Å². The number of carbonyl (C=O) groups is 4. The van der Waals surface area contributed by atoms with E-state index in [0.29, 0.717) is 12.8 Å². The highest BCUT2D eigenvalue weighted by Gasteiger charge is 2.40. The molecule has 4 atom stereocenters. The van der Waals surface area contributed by atoms with Crippen LogP contribution in [0.1, 0.15) is 33.1 Å². The summed E-state index contributed by atoms with van der Waals surface area (Å²) in [7, 11) is 0. The van der Waals surface area contributed by atoms with E-state index in [2.05, 4.69) is 17.9 Å². The number of Topliss-reactive ketones (excluding diaryl/α,β-unsaturated/α-hetero) is 1. The molecule has 0 bridgehead atoms. The van der Waals surface area contributed by atoms with Crippen molar-refractivity contribution in [2.45, 2.75) is 44.4 Å². The lowest BCUT2D eigenvalue weighted by molar-refractivity contribution is -0.143. The van der Waals surface area contributed by atoms with Crippen LogP contribution in [-0.4, -0.2) is 46.6 Å². The summed E-state index contributed by atoms with van der Waals surface area (Å²) in [6, 6.07) is -1.09. The summed E-state index contributed by atoms with van der Waals surface area (Å²) in [5, 5.41) is 10.9. The minimum Gasteiger partial charge on any atom is -0.480 e. The van der Waals surface area contributed by atoms with E-state index in [1.54, 1.807) is 0 Å². The fraction of sp³-hybridized carbons (Fsp3) is 0.714. The van der Waals surface area contributed by atoms with Gasteiger partial charge in [0.2, 0.25) is 5.91 Å². The van der Waals surface area contributed by atoms with Gasteiger partial charge in [0, 0.05) is 37.4 Å². The van der Waals surface area contributed by atoms with Gasteiger partial charge in [0.15, 0.2) is 0 Å². The summed E-state index contributed by atoms with van der Waals surface area (Å²) in [4.78, 5) is 45.1. The fourth-order valence-electron chi connectivity index (χ4n) is 2.73. The van der Waals surface area contributed by atoms with Crippen molar-refractivity contribution < 1.29 is 29.0 Å². The third-order valence-corrected chi connectivity index (χ3v) is 4.24. The largest absolute Gasteiger partial charge is 0.480 e. The topological polar surface area (TPSA) is 110 Å². The second kappa shape index (κ2) is 8.17. The van der Waals surface area contributed by atoms with Gasteiger partial charge in [0.25, 0.3) is 0 Å². The maximum atomic E-state index is 12.0. The van der Waals surface area contributed by atoms with Gasteiger partial charge in [-0.3, -0.25) is 14.4 Å². The van der Waals surface area contributed by atoms with Crippen molar-refractivity contribution in [3.63, 3.8) is 0 Å². The molecule has 0 aromatic heterocycles. The number of thiol groups is 1. The molecule has 1 aliphatic rings. The van der Waals surface area contributed by atoms with Crippen LogP contribution in [0.4, 0.5) is 0 Å². The number of carboxylic acids is 1. The Morgan fingerprint density at radius 2 is 2.05 bits per heavy atom. The van der Waals surface area contributed by atoms with Crippen molar-refractivity contribution in [3.05, 3.63) is 0 Å². The van der Waals surface area contributed by atoms with Crippen LogP contribution >= 0.6 is 12.6 Å². The molecule has 1 saturated carbocycles. The Morgan fingerprint density at radius 3 is 2.55 bits per heavy atom. The van der Waals surface area contributed by atoms with Crippen molar-refractivity contribution in [1.29, 1.82) is 0 Å². The lowest BCUT2D eigenvalue weighted by Crippen LogP contribution is -2.43. The number of hydrogen-bond acceptors (Lipinski definition) is 6. The monoisotopic (exact) mass is 331 g/mol. The summed E-state index contributed by atoms with van der Waals surface area (Å²) >= 11 is 4.37. The average Bonchev–Trinajstić information content (AvgIpc) is 2.76. The molecule has 0 aromatic rings. The Balaban J connectivity index is 2.72. The molecule has 1 rings (SSSR count). The second-order valence-corrected chi connectivity index (χ2v) is 6.15. The minimum absolute atomic E-state index is 0.0101. The molecular formula is C14H21NO6S. The zero-order valence-corrected chi connectivity index (χ0v) is 13.5. The first-order valence-electron chi connectivity index (χ1n) is 7.06. The Hall–Kier alpha value is -1.57. The van der Waals surface area contributed by atoms with Crippen molar-refractivity contribution >= 4 is 36.3 Å². The molecule has 22 heavy (non-hydrogen) atoms. The predicted molar refractivity (Wildman–Crippen MR) is 80.5 cm³/mol. The molecule has 0 heterocycles. The molecule has 0 radical (unpaired) electrons. The van der Waals surface area contributed by atoms with Gasteiger partial charge in [0.05, 0.1) is 6.61 Å². The van der Waals surface area contributed by atoms with Crippen LogP contribution in [0, 0.1) is 11.8 Å². The fourth-order valence-corrected chi connectivity index (χ4v) is 3.35. The number of carboxylic acid groups (broad SMARTS) is 1. The molecule has 4 unspecified atom stereocenters. The Morgan fingerprint density at radius 1 is 1.41 bits per heavy atom. The highest BCUT2D eigenvalue weighted by molar-refractivity contribution is 7.81. The van der Waals surface area contributed by atoms with E-state index in [4.69, 9.17) is 9.84 Å². The Kier molecular flexibility index (Phi) is 6.86. The SMILES string of the molecule is CC(=O)NC(CC(S)C1C(=O)CCC1COC(C)=O)C(=O)O. The third kappa shape index (κ3) is 5.32. The highest BCUT2D eigenvalue weighted by Crippen LogP contribution is 2.35. The molecule has 0 aliphatic heterocycles. The molecule has 1 aliphatic carbocycles. The lowest BCUT2D eigenvalue weighted by atomic mass is 9.89. The van der Waals surface area contributed by atoms with Crippen LogP contribution in [0.25, 0.3) is 0 Å². The summed E-state index contributed by atoms with van der Waals surface area (Å²) in [5.74, 6) is -2.69. The molecule has 0 saturated heterocycles. The molecule has 2 N–H and O–H groups in total. The summed E-state index contributed by atoms with van der Waals surface area (Å²) in [5.41, 5.74) is 0. The molecule has 0 spiro atoms. The van der Waals surface area contributed by atoms with Crippen LogP contribution in [0.2, 0.25) is 0 Å². The number of nitrogens with one attached hydrogen (secondary N) is 1. The van der Waals surface area contributed by atoms with Crippen LogP contribution in [0.5, 0.6) is 0 Å². The van der Waals surface area contributed by atoms with Gasteiger partial charge in [0.1, 0.15) is 11.8 Å². The molecular weight excluding hydrogens is 310 g/mol. The van der Waals surface area contributed by atoms with E-state index >= 15 is 0 Å². The first-order valence-corrected chi connectivity index (χ1v) is 7.58. The number of hydrogen-bond donors (Lipinski definition) is 3. The molecule has 124 valence electrons. The van der Waals surface area contributed by atoms with Gasteiger partial charge >= 0.3 is 11.9 Å². The lowest BCUT2D eigenvalue weighted by Gasteiger charge is -2.26. The van der Waals surface area contributed by atoms with E-state index < -0.39 is 35.1 Å². The summed E-state index contributed by atoms with van der Waals surface area (Å²) in [6.45, 7) is 2.65. The van der Waals surface area contributed by atoms with E-state index in [9.17, 15) is 19.2 Å². The first kappa shape index (κ1) is 18.5. The van der Waals surface area contributed by atoms with Gasteiger partial charge in [-0.1, -0.05) is 0 Å². The van der Waals surface area contributed by atoms with E-state index in [0.717, 1.165) is 0 Å². The minimum atomic E-state index is -1.17. The first-order chi connectivity index (χ1) is 10.2. The normalized spacial score (nSPS) is 23.7. The number of amides is 1. The number of rotatable bonds is 7. The zero-order chi connectivity index (χ0) is 16.9.